The Morgan fingerprint density at radius 3 is 2.80 bits per heavy atom. The van der Waals surface area contributed by atoms with Crippen molar-refractivity contribution in [3.05, 3.63) is 36.5 Å². The second kappa shape index (κ2) is 7.08. The topological polar surface area (TPSA) is 42.7 Å². The molecular weight excluding hydrogens is 248 g/mol. The van der Waals surface area contributed by atoms with Gasteiger partial charge in [0.05, 0.1) is 5.69 Å². The Labute approximate surface area is 121 Å². The van der Waals surface area contributed by atoms with Crippen LogP contribution in [0.3, 0.4) is 0 Å². The minimum Gasteiger partial charge on any atom is -0.380 e. The van der Waals surface area contributed by atoms with Crippen LogP contribution in [-0.2, 0) is 0 Å². The van der Waals surface area contributed by atoms with Crippen molar-refractivity contribution < 1.29 is 0 Å². The normalized spacial score (nSPS) is 12.3. The second-order valence-electron chi connectivity index (χ2n) is 5.26. The van der Waals surface area contributed by atoms with Gasteiger partial charge in [-0.05, 0) is 32.4 Å². The predicted molar refractivity (Wildman–Crippen MR) is 83.3 cm³/mol. The van der Waals surface area contributed by atoms with Gasteiger partial charge >= 0.3 is 0 Å². The third-order valence-corrected chi connectivity index (χ3v) is 3.48. The number of anilines is 1. The molecule has 0 amide bonds. The Morgan fingerprint density at radius 1 is 1.25 bits per heavy atom. The maximum Gasteiger partial charge on any atom is 0.161 e. The monoisotopic (exact) mass is 272 g/mol. The number of hydrogen-bond donors (Lipinski definition) is 1. The fourth-order valence-corrected chi connectivity index (χ4v) is 2.34. The predicted octanol–water partition coefficient (Wildman–Crippen LogP) is 3.96. The molecule has 0 aliphatic heterocycles. The molecule has 1 N–H and O–H groups in total. The number of imidazole rings is 1. The molecule has 0 radical (unpaired) electrons. The van der Waals surface area contributed by atoms with Crippen LogP contribution in [-0.4, -0.2) is 20.6 Å². The number of unbranched alkanes of at least 4 members (excludes halogenated alkanes) is 2. The molecule has 2 rings (SSSR count). The number of rotatable bonds is 7. The Hall–Kier alpha value is -1.84. The number of aryl methyl sites for hydroxylation is 1. The molecule has 0 bridgehead atoms. The van der Waals surface area contributed by atoms with Crippen LogP contribution >= 0.6 is 0 Å². The molecule has 2 heterocycles. The molecule has 0 aliphatic rings. The summed E-state index contributed by atoms with van der Waals surface area (Å²) in [6.45, 7) is 6.45. The molecule has 1 atom stereocenters. The summed E-state index contributed by atoms with van der Waals surface area (Å²) in [5.74, 6) is 1.87. The summed E-state index contributed by atoms with van der Waals surface area (Å²) in [7, 11) is 0. The second-order valence-corrected chi connectivity index (χ2v) is 5.26. The van der Waals surface area contributed by atoms with Gasteiger partial charge in [0.2, 0.25) is 0 Å². The van der Waals surface area contributed by atoms with Gasteiger partial charge in [0.25, 0.3) is 0 Å². The molecule has 0 fully saturated rings. The van der Waals surface area contributed by atoms with Gasteiger partial charge in [0.1, 0.15) is 5.82 Å². The summed E-state index contributed by atoms with van der Waals surface area (Å²) in [6.07, 6.45) is 10.6. The Morgan fingerprint density at radius 2 is 2.10 bits per heavy atom. The first-order valence-electron chi connectivity index (χ1n) is 7.44. The highest BCUT2D eigenvalue weighted by Gasteiger charge is 2.10. The average Bonchev–Trinajstić information content (AvgIpc) is 2.86. The van der Waals surface area contributed by atoms with E-state index in [4.69, 9.17) is 0 Å². The highest BCUT2D eigenvalue weighted by Crippen LogP contribution is 2.20. The molecule has 2 aromatic heterocycles. The molecule has 1 unspecified atom stereocenters. The summed E-state index contributed by atoms with van der Waals surface area (Å²) in [6, 6.07) is 4.50. The van der Waals surface area contributed by atoms with Crippen molar-refractivity contribution in [3.8, 4) is 5.82 Å². The van der Waals surface area contributed by atoms with E-state index in [1.807, 2.05) is 30.0 Å². The number of aromatic nitrogens is 3. The molecular formula is C16H24N4. The van der Waals surface area contributed by atoms with Crippen molar-refractivity contribution in [2.45, 2.75) is 52.5 Å². The number of hydrogen-bond acceptors (Lipinski definition) is 3. The van der Waals surface area contributed by atoms with Crippen LogP contribution in [0.15, 0.2) is 30.7 Å². The van der Waals surface area contributed by atoms with Crippen molar-refractivity contribution in [1.29, 1.82) is 0 Å². The molecule has 108 valence electrons. The van der Waals surface area contributed by atoms with Crippen LogP contribution in [0.1, 0.15) is 45.4 Å². The van der Waals surface area contributed by atoms with Crippen LogP contribution in [0.25, 0.3) is 5.82 Å². The minimum atomic E-state index is 0.452. The Bertz CT molecular complexity index is 533. The highest BCUT2D eigenvalue weighted by atomic mass is 15.1. The van der Waals surface area contributed by atoms with Crippen LogP contribution < -0.4 is 5.32 Å². The van der Waals surface area contributed by atoms with Gasteiger partial charge in [-0.15, -0.1) is 0 Å². The molecule has 2 aromatic rings. The highest BCUT2D eigenvalue weighted by molar-refractivity contribution is 5.57. The Kier molecular flexibility index (Phi) is 5.16. The maximum absolute atomic E-state index is 4.49. The van der Waals surface area contributed by atoms with E-state index >= 15 is 0 Å². The summed E-state index contributed by atoms with van der Waals surface area (Å²) in [5.41, 5.74) is 1.07. The van der Waals surface area contributed by atoms with Crippen molar-refractivity contribution >= 4 is 5.69 Å². The summed E-state index contributed by atoms with van der Waals surface area (Å²) < 4.78 is 2.01. The van der Waals surface area contributed by atoms with E-state index in [9.17, 15) is 0 Å². The van der Waals surface area contributed by atoms with E-state index in [0.717, 1.165) is 17.3 Å². The fraction of sp³-hybridized carbons (Fsp3) is 0.500. The lowest BCUT2D eigenvalue weighted by atomic mass is 10.1. The zero-order valence-electron chi connectivity index (χ0n) is 12.6. The average molecular weight is 272 g/mol. The fourth-order valence-electron chi connectivity index (χ4n) is 2.34. The van der Waals surface area contributed by atoms with Crippen molar-refractivity contribution in [2.24, 2.45) is 0 Å². The van der Waals surface area contributed by atoms with Crippen LogP contribution in [0.2, 0.25) is 0 Å². The van der Waals surface area contributed by atoms with Crippen LogP contribution in [0, 0.1) is 6.92 Å². The maximum atomic E-state index is 4.49. The van der Waals surface area contributed by atoms with E-state index in [-0.39, 0.29) is 0 Å². The summed E-state index contributed by atoms with van der Waals surface area (Å²) in [5, 5.41) is 3.57. The van der Waals surface area contributed by atoms with E-state index in [0.29, 0.717) is 6.04 Å². The van der Waals surface area contributed by atoms with E-state index in [1.54, 1.807) is 6.20 Å². The van der Waals surface area contributed by atoms with Gasteiger partial charge in [-0.1, -0.05) is 26.2 Å². The van der Waals surface area contributed by atoms with Crippen molar-refractivity contribution in [3.63, 3.8) is 0 Å². The van der Waals surface area contributed by atoms with Gasteiger partial charge in [0, 0.05) is 24.6 Å². The largest absolute Gasteiger partial charge is 0.380 e. The lowest BCUT2D eigenvalue weighted by molar-refractivity contribution is 0.614. The molecule has 20 heavy (non-hydrogen) atoms. The van der Waals surface area contributed by atoms with Gasteiger partial charge < -0.3 is 5.32 Å². The first-order chi connectivity index (χ1) is 9.72. The van der Waals surface area contributed by atoms with E-state index in [1.165, 1.54) is 25.7 Å². The number of nitrogens with one attached hydrogen (secondary N) is 1. The summed E-state index contributed by atoms with van der Waals surface area (Å²) >= 11 is 0. The van der Waals surface area contributed by atoms with Gasteiger partial charge in [0.15, 0.2) is 5.82 Å². The molecule has 4 heteroatoms. The number of nitrogens with zero attached hydrogens (tertiary/aromatic N) is 3. The molecule has 0 aromatic carbocycles. The first kappa shape index (κ1) is 14.6. The molecule has 0 spiro atoms. The lowest BCUT2D eigenvalue weighted by Gasteiger charge is -2.18. The zero-order valence-corrected chi connectivity index (χ0v) is 12.6. The quantitative estimate of drug-likeness (QED) is 0.776. The number of pyridine rings is 1. The van der Waals surface area contributed by atoms with E-state index in [2.05, 4.69) is 35.2 Å². The van der Waals surface area contributed by atoms with Gasteiger partial charge in [-0.3, -0.25) is 4.57 Å². The molecule has 0 aliphatic carbocycles. The lowest BCUT2D eigenvalue weighted by Crippen LogP contribution is -2.17. The minimum absolute atomic E-state index is 0.452. The van der Waals surface area contributed by atoms with Crippen LogP contribution in [0.4, 0.5) is 5.69 Å². The standard InChI is InChI=1S/C16H24N4/c1-4-5-6-8-13(2)19-15-9-7-10-18-16(15)20-12-11-17-14(20)3/h7,9-13,19H,4-6,8H2,1-3H3. The zero-order chi connectivity index (χ0) is 14.4. The molecule has 0 saturated carbocycles. The first-order valence-corrected chi connectivity index (χ1v) is 7.44. The third-order valence-electron chi connectivity index (χ3n) is 3.48. The third kappa shape index (κ3) is 3.59. The van der Waals surface area contributed by atoms with Crippen molar-refractivity contribution in [1.82, 2.24) is 14.5 Å². The molecule has 4 nitrogen and oxygen atoms in total. The smallest absolute Gasteiger partial charge is 0.161 e. The van der Waals surface area contributed by atoms with Crippen LogP contribution in [0.5, 0.6) is 0 Å². The van der Waals surface area contributed by atoms with Gasteiger partial charge in [-0.25, -0.2) is 9.97 Å². The molecule has 0 saturated heterocycles. The Balaban J connectivity index is 2.11. The SMILES string of the molecule is CCCCCC(C)Nc1cccnc1-n1ccnc1C. The van der Waals surface area contributed by atoms with Crippen molar-refractivity contribution in [2.75, 3.05) is 5.32 Å². The van der Waals surface area contributed by atoms with E-state index < -0.39 is 0 Å². The summed E-state index contributed by atoms with van der Waals surface area (Å²) in [4.78, 5) is 8.76. The van der Waals surface area contributed by atoms with Gasteiger partial charge in [-0.2, -0.15) is 0 Å².